The predicted octanol–water partition coefficient (Wildman–Crippen LogP) is -0.430. The zero-order valence-electron chi connectivity index (χ0n) is 12.1. The second-order valence-corrected chi connectivity index (χ2v) is 8.76. The van der Waals surface area contributed by atoms with Gasteiger partial charge in [0.15, 0.2) is 9.84 Å². The van der Waals surface area contributed by atoms with Crippen LogP contribution in [0.4, 0.5) is 4.79 Å². The highest BCUT2D eigenvalue weighted by Gasteiger charge is 2.38. The lowest BCUT2D eigenvalue weighted by Gasteiger charge is -2.26. The Labute approximate surface area is 137 Å². The second-order valence-electron chi connectivity index (χ2n) is 5.52. The summed E-state index contributed by atoms with van der Waals surface area (Å²) in [7, 11) is -3.12. The lowest BCUT2D eigenvalue weighted by atomic mass is 10.1. The molecule has 0 aliphatic carbocycles. The van der Waals surface area contributed by atoms with Gasteiger partial charge in [-0.15, -0.1) is 11.8 Å². The molecule has 2 unspecified atom stereocenters. The first-order valence-electron chi connectivity index (χ1n) is 7.11. The van der Waals surface area contributed by atoms with Gasteiger partial charge in [-0.05, 0) is 17.9 Å². The van der Waals surface area contributed by atoms with Crippen LogP contribution in [0.3, 0.4) is 0 Å². The maximum Gasteiger partial charge on any atom is 0.350 e. The number of thioether (sulfide) groups is 1. The number of imide groups is 1. The van der Waals surface area contributed by atoms with Gasteiger partial charge < -0.3 is 5.32 Å². The van der Waals surface area contributed by atoms with Crippen molar-refractivity contribution in [1.29, 1.82) is 0 Å². The van der Waals surface area contributed by atoms with Crippen LogP contribution in [-0.2, 0) is 19.4 Å². The number of hydrogen-bond donors (Lipinski definition) is 1. The largest absolute Gasteiger partial charge is 0.354 e. The average Bonchev–Trinajstić information content (AvgIpc) is 3.08. The van der Waals surface area contributed by atoms with Crippen LogP contribution in [0.5, 0.6) is 0 Å². The first-order valence-corrected chi connectivity index (χ1v) is 9.88. The quantitative estimate of drug-likeness (QED) is 0.730. The molecular weight excluding hydrogens is 342 g/mol. The molecule has 3 rings (SSSR count). The van der Waals surface area contributed by atoms with Crippen LogP contribution in [0.2, 0.25) is 0 Å². The Morgan fingerprint density at radius 1 is 1.43 bits per heavy atom. The van der Waals surface area contributed by atoms with Gasteiger partial charge in [0, 0.05) is 13.1 Å². The average molecular weight is 357 g/mol. The van der Waals surface area contributed by atoms with Crippen LogP contribution < -0.4 is 5.32 Å². The van der Waals surface area contributed by atoms with Crippen LogP contribution in [0, 0.1) is 5.92 Å². The van der Waals surface area contributed by atoms with Gasteiger partial charge in [-0.3, -0.25) is 14.5 Å². The van der Waals surface area contributed by atoms with Crippen LogP contribution in [-0.4, -0.2) is 66.7 Å². The van der Waals surface area contributed by atoms with E-state index in [2.05, 4.69) is 10.3 Å². The first-order chi connectivity index (χ1) is 10.9. The monoisotopic (exact) mass is 357 g/mol. The van der Waals surface area contributed by atoms with Crippen molar-refractivity contribution in [2.24, 2.45) is 10.9 Å². The summed E-state index contributed by atoms with van der Waals surface area (Å²) in [5.74, 6) is -1.36. The van der Waals surface area contributed by atoms with E-state index in [0.717, 1.165) is 4.90 Å². The highest BCUT2D eigenvalue weighted by molar-refractivity contribution is 8.04. The lowest BCUT2D eigenvalue weighted by molar-refractivity contribution is -0.128. The SMILES string of the molecule is O=C(NCCN1C(=O)N=C2C=CSC2C1=O)C1CCS(=O)(=O)C1. The Hall–Kier alpha value is -1.68. The molecule has 1 N–H and O–H groups in total. The number of carbonyl (C=O) groups is 3. The van der Waals surface area contributed by atoms with E-state index in [-0.39, 0.29) is 36.4 Å². The molecule has 23 heavy (non-hydrogen) atoms. The number of amides is 4. The van der Waals surface area contributed by atoms with Gasteiger partial charge in [0.2, 0.25) is 11.8 Å². The van der Waals surface area contributed by atoms with E-state index in [4.69, 9.17) is 0 Å². The van der Waals surface area contributed by atoms with Crippen molar-refractivity contribution < 1.29 is 22.8 Å². The zero-order valence-corrected chi connectivity index (χ0v) is 13.7. The molecule has 0 bridgehead atoms. The van der Waals surface area contributed by atoms with E-state index in [1.807, 2.05) is 0 Å². The number of fused-ring (bicyclic) bond motifs is 1. The van der Waals surface area contributed by atoms with Gasteiger partial charge in [0.25, 0.3) is 0 Å². The molecule has 0 radical (unpaired) electrons. The highest BCUT2D eigenvalue weighted by atomic mass is 32.2. The molecule has 0 aromatic heterocycles. The maximum absolute atomic E-state index is 12.2. The third kappa shape index (κ3) is 3.32. The van der Waals surface area contributed by atoms with Gasteiger partial charge in [-0.1, -0.05) is 0 Å². The molecule has 3 heterocycles. The molecule has 0 saturated carbocycles. The summed E-state index contributed by atoms with van der Waals surface area (Å²) in [6.07, 6.45) is 1.96. The van der Waals surface area contributed by atoms with Gasteiger partial charge in [-0.2, -0.15) is 4.99 Å². The number of urea groups is 1. The molecule has 0 aromatic rings. The van der Waals surface area contributed by atoms with Crippen LogP contribution in [0.1, 0.15) is 6.42 Å². The van der Waals surface area contributed by atoms with Gasteiger partial charge in [0.1, 0.15) is 5.25 Å². The van der Waals surface area contributed by atoms with Crippen molar-refractivity contribution in [2.75, 3.05) is 24.6 Å². The molecule has 0 aromatic carbocycles. The van der Waals surface area contributed by atoms with E-state index in [1.165, 1.54) is 11.8 Å². The molecule has 124 valence electrons. The normalized spacial score (nSPS) is 28.7. The Bertz CT molecular complexity index is 728. The Morgan fingerprint density at radius 2 is 2.22 bits per heavy atom. The third-order valence-corrected chi connectivity index (χ3v) is 6.68. The summed E-state index contributed by atoms with van der Waals surface area (Å²) < 4.78 is 22.7. The van der Waals surface area contributed by atoms with Crippen molar-refractivity contribution in [3.63, 3.8) is 0 Å². The van der Waals surface area contributed by atoms with E-state index in [9.17, 15) is 22.8 Å². The number of carbonyl (C=O) groups excluding carboxylic acids is 3. The smallest absolute Gasteiger partial charge is 0.350 e. The molecule has 4 amide bonds. The Morgan fingerprint density at radius 3 is 2.91 bits per heavy atom. The van der Waals surface area contributed by atoms with Crippen molar-refractivity contribution in [3.05, 3.63) is 11.5 Å². The summed E-state index contributed by atoms with van der Waals surface area (Å²) in [4.78, 5) is 40.8. The van der Waals surface area contributed by atoms with Gasteiger partial charge in [-0.25, -0.2) is 13.2 Å². The minimum atomic E-state index is -3.12. The van der Waals surface area contributed by atoms with Gasteiger partial charge in [0.05, 0.1) is 23.1 Å². The minimum Gasteiger partial charge on any atom is -0.354 e. The van der Waals surface area contributed by atoms with E-state index >= 15 is 0 Å². The number of aliphatic imine (C=N–C) groups is 1. The Kier molecular flexibility index (Phi) is 4.28. The van der Waals surface area contributed by atoms with Crippen molar-refractivity contribution in [3.8, 4) is 0 Å². The summed E-state index contributed by atoms with van der Waals surface area (Å²) in [6, 6.07) is -0.633. The van der Waals surface area contributed by atoms with Crippen molar-refractivity contribution in [1.82, 2.24) is 10.2 Å². The van der Waals surface area contributed by atoms with Crippen molar-refractivity contribution >= 4 is 45.2 Å². The second kappa shape index (κ2) is 6.08. The third-order valence-electron chi connectivity index (χ3n) is 3.91. The molecule has 2 atom stereocenters. The van der Waals surface area contributed by atoms with E-state index in [1.54, 1.807) is 11.5 Å². The lowest BCUT2D eigenvalue weighted by Crippen LogP contribution is -2.49. The maximum atomic E-state index is 12.2. The molecule has 1 fully saturated rings. The fourth-order valence-electron chi connectivity index (χ4n) is 2.67. The molecule has 8 nitrogen and oxygen atoms in total. The number of sulfone groups is 1. The number of allylic oxidation sites excluding steroid dienone is 1. The molecule has 3 aliphatic heterocycles. The summed E-state index contributed by atoms with van der Waals surface area (Å²) in [5, 5.41) is 3.83. The molecule has 1 saturated heterocycles. The van der Waals surface area contributed by atoms with Gasteiger partial charge >= 0.3 is 6.03 Å². The Balaban J connectivity index is 1.52. The predicted molar refractivity (Wildman–Crippen MR) is 84.8 cm³/mol. The highest BCUT2D eigenvalue weighted by Crippen LogP contribution is 2.27. The van der Waals surface area contributed by atoms with Crippen LogP contribution in [0.25, 0.3) is 0 Å². The zero-order chi connectivity index (χ0) is 16.6. The standard InChI is InChI=1S/C13H15N3O5S2/c17-11(8-2-6-23(20,21)7-8)14-3-4-16-12(18)10-9(1-5-22-10)15-13(16)19/h1,5,8,10H,2-4,6-7H2,(H,14,17). The van der Waals surface area contributed by atoms with Crippen LogP contribution >= 0.6 is 11.8 Å². The number of hydrogen-bond acceptors (Lipinski definition) is 6. The number of rotatable bonds is 4. The fourth-order valence-corrected chi connectivity index (χ4v) is 5.31. The first kappa shape index (κ1) is 16.2. The van der Waals surface area contributed by atoms with Crippen LogP contribution in [0.15, 0.2) is 16.5 Å². The molecule has 10 heteroatoms. The topological polar surface area (TPSA) is 113 Å². The summed E-state index contributed by atoms with van der Waals surface area (Å²) >= 11 is 1.29. The number of nitrogens with zero attached hydrogens (tertiary/aromatic N) is 2. The summed E-state index contributed by atoms with van der Waals surface area (Å²) in [5.41, 5.74) is 0.460. The summed E-state index contributed by atoms with van der Waals surface area (Å²) in [6.45, 7) is 0.110. The molecule has 3 aliphatic rings. The molecule has 0 spiro atoms. The van der Waals surface area contributed by atoms with Crippen molar-refractivity contribution in [2.45, 2.75) is 11.7 Å². The fraction of sp³-hybridized carbons (Fsp3) is 0.538. The molecular formula is C13H15N3O5S2. The van der Waals surface area contributed by atoms with E-state index < -0.39 is 27.0 Å². The number of nitrogens with one attached hydrogen (secondary N) is 1. The van der Waals surface area contributed by atoms with E-state index in [0.29, 0.717) is 12.1 Å². The minimum absolute atomic E-state index is 0.0245.